The van der Waals surface area contributed by atoms with E-state index in [-0.39, 0.29) is 61.2 Å². The highest BCUT2D eigenvalue weighted by Crippen LogP contribution is 2.32. The van der Waals surface area contributed by atoms with Gasteiger partial charge in [0, 0.05) is 43.2 Å². The maximum Gasteiger partial charge on any atom is 0.307 e. The zero-order valence-electron chi connectivity index (χ0n) is 25.6. The molecular weight excluding hydrogens is 618 g/mol. The highest BCUT2D eigenvalue weighted by Gasteiger charge is 2.39. The van der Waals surface area contributed by atoms with Gasteiger partial charge < -0.3 is 34.7 Å². The largest absolute Gasteiger partial charge is 0.496 e. The molecule has 6 rings (SSSR count). The van der Waals surface area contributed by atoms with Crippen molar-refractivity contribution in [2.24, 2.45) is 0 Å². The average molecular weight is 654 g/mol. The number of nitrogens with one attached hydrogen (secondary N) is 2. The number of sulfonamides is 1. The Hall–Kier alpha value is -4.82. The fraction of sp³-hybridized carbons (Fsp3) is 0.344. The molecule has 1 fully saturated rings. The lowest BCUT2D eigenvalue weighted by Crippen LogP contribution is -2.58. The third-order valence-electron chi connectivity index (χ3n) is 7.86. The lowest BCUT2D eigenvalue weighted by atomic mass is 10.0. The third kappa shape index (κ3) is 7.18. The molecular formula is C32H35N3O10S. The standard InChI is InChI=1S/C32H35N3O10S/c1-19-4-6-21-14-27(19)44-18-30(36)33-16-22-7-8-23(15-28(22)43-3)45-25-10-11-35(17-24(25)34-32(21)39)46(40,41)29-12-20(13-31(37)38)5-9-26(29)42-2/h4-9,12,14-15,24-25H,10-11,13,16-18H2,1-3H3,(H,33,36)(H,34,39)(H,37,38)/t24-,25+/m0/s1. The number of piperidine rings is 1. The minimum atomic E-state index is -4.20. The van der Waals surface area contributed by atoms with Crippen LogP contribution < -0.4 is 29.6 Å². The van der Waals surface area contributed by atoms with E-state index in [9.17, 15) is 27.9 Å². The average Bonchev–Trinajstić information content (AvgIpc) is 3.03. The van der Waals surface area contributed by atoms with Crippen molar-refractivity contribution in [3.8, 4) is 23.0 Å². The van der Waals surface area contributed by atoms with Gasteiger partial charge in [-0.2, -0.15) is 4.31 Å². The molecule has 0 unspecified atom stereocenters. The highest BCUT2D eigenvalue weighted by atomic mass is 32.2. The van der Waals surface area contributed by atoms with E-state index in [0.29, 0.717) is 28.4 Å². The molecule has 3 aromatic carbocycles. The number of benzene rings is 3. The summed E-state index contributed by atoms with van der Waals surface area (Å²) in [4.78, 5) is 37.3. The molecule has 0 aromatic heterocycles. The fourth-order valence-electron chi connectivity index (χ4n) is 5.40. The van der Waals surface area contributed by atoms with Crippen LogP contribution in [0.2, 0.25) is 0 Å². The van der Waals surface area contributed by atoms with Gasteiger partial charge in [0.25, 0.3) is 11.8 Å². The van der Waals surface area contributed by atoms with Gasteiger partial charge in [-0.3, -0.25) is 14.4 Å². The smallest absolute Gasteiger partial charge is 0.307 e. The van der Waals surface area contributed by atoms with Crippen LogP contribution in [0.25, 0.3) is 0 Å². The maximum atomic E-state index is 14.0. The number of nitrogens with zero attached hydrogens (tertiary/aromatic N) is 1. The number of amides is 2. The second kappa shape index (κ2) is 13.7. The van der Waals surface area contributed by atoms with Crippen LogP contribution in [0, 0.1) is 6.92 Å². The molecule has 3 aliphatic heterocycles. The van der Waals surface area contributed by atoms with Gasteiger partial charge in [0.05, 0.1) is 26.7 Å². The van der Waals surface area contributed by atoms with Gasteiger partial charge in [-0.05, 0) is 54.4 Å². The van der Waals surface area contributed by atoms with Crippen molar-refractivity contribution in [3.05, 3.63) is 76.9 Å². The van der Waals surface area contributed by atoms with Crippen LogP contribution in [0.4, 0.5) is 0 Å². The van der Waals surface area contributed by atoms with Crippen LogP contribution in [0.1, 0.15) is 33.5 Å². The van der Waals surface area contributed by atoms with Crippen LogP contribution in [-0.4, -0.2) is 81.7 Å². The van der Waals surface area contributed by atoms with Gasteiger partial charge in [0.15, 0.2) is 6.61 Å². The van der Waals surface area contributed by atoms with Gasteiger partial charge in [-0.25, -0.2) is 8.42 Å². The quantitative estimate of drug-likeness (QED) is 0.359. The Morgan fingerprint density at radius 2 is 1.83 bits per heavy atom. The summed E-state index contributed by atoms with van der Waals surface area (Å²) in [7, 11) is -1.37. The second-order valence-corrected chi connectivity index (χ2v) is 12.9. The number of rotatable bonds is 6. The summed E-state index contributed by atoms with van der Waals surface area (Å²) in [5.41, 5.74) is 1.97. The van der Waals surface area contributed by atoms with Gasteiger partial charge in [-0.1, -0.05) is 12.1 Å². The van der Waals surface area contributed by atoms with Gasteiger partial charge in [-0.15, -0.1) is 0 Å². The number of carbonyl (C=O) groups excluding carboxylic acids is 2. The van der Waals surface area contributed by atoms with Crippen molar-refractivity contribution < 1.29 is 46.9 Å². The van der Waals surface area contributed by atoms with E-state index in [4.69, 9.17) is 18.9 Å². The first-order valence-corrected chi connectivity index (χ1v) is 16.0. The lowest BCUT2D eigenvalue weighted by molar-refractivity contribution is -0.136. The predicted octanol–water partition coefficient (Wildman–Crippen LogP) is 2.29. The summed E-state index contributed by atoms with van der Waals surface area (Å²) >= 11 is 0. The van der Waals surface area contributed by atoms with Crippen LogP contribution in [0.5, 0.6) is 23.0 Å². The van der Waals surface area contributed by atoms with E-state index in [1.165, 1.54) is 42.8 Å². The number of aliphatic carboxylic acids is 1. The molecule has 46 heavy (non-hydrogen) atoms. The summed E-state index contributed by atoms with van der Waals surface area (Å²) in [6, 6.07) is 13.4. The summed E-state index contributed by atoms with van der Waals surface area (Å²) in [5, 5.41) is 15.0. The molecule has 3 heterocycles. The van der Waals surface area contributed by atoms with E-state index in [0.717, 1.165) is 5.56 Å². The molecule has 14 heteroatoms. The summed E-state index contributed by atoms with van der Waals surface area (Å²) in [6.45, 7) is 1.60. The van der Waals surface area contributed by atoms with Crippen molar-refractivity contribution in [1.82, 2.24) is 14.9 Å². The molecule has 244 valence electrons. The molecule has 4 bridgehead atoms. The third-order valence-corrected chi connectivity index (χ3v) is 9.75. The number of methoxy groups -OCH3 is 2. The molecule has 1 saturated heterocycles. The minimum Gasteiger partial charge on any atom is -0.496 e. The zero-order valence-corrected chi connectivity index (χ0v) is 26.4. The van der Waals surface area contributed by atoms with Gasteiger partial charge in [0.1, 0.15) is 34.0 Å². The fourth-order valence-corrected chi connectivity index (χ4v) is 7.09. The molecule has 0 radical (unpaired) electrons. The number of ether oxygens (including phenoxy) is 4. The number of hydrogen-bond donors (Lipinski definition) is 3. The number of carbonyl (C=O) groups is 3. The molecule has 0 spiro atoms. The Labute approximate surface area is 266 Å². The number of carboxylic acids is 1. The lowest BCUT2D eigenvalue weighted by Gasteiger charge is -2.38. The second-order valence-electron chi connectivity index (χ2n) is 11.0. The first-order valence-electron chi connectivity index (χ1n) is 14.5. The molecule has 3 aliphatic rings. The van der Waals surface area contributed by atoms with Crippen LogP contribution in [-0.2, 0) is 32.6 Å². The molecule has 0 saturated carbocycles. The summed E-state index contributed by atoms with van der Waals surface area (Å²) < 4.78 is 52.1. The Morgan fingerprint density at radius 1 is 1.04 bits per heavy atom. The van der Waals surface area contributed by atoms with Crippen LogP contribution >= 0.6 is 0 Å². The number of aryl methyl sites for hydroxylation is 1. The van der Waals surface area contributed by atoms with Gasteiger partial charge in [0.2, 0.25) is 10.0 Å². The van der Waals surface area contributed by atoms with Crippen LogP contribution in [0.3, 0.4) is 0 Å². The molecule has 2 amide bonds. The molecule has 2 atom stereocenters. The van der Waals surface area contributed by atoms with Crippen molar-refractivity contribution in [2.75, 3.05) is 33.9 Å². The first kappa shape index (κ1) is 32.6. The van der Waals surface area contributed by atoms with Crippen molar-refractivity contribution in [3.63, 3.8) is 0 Å². The monoisotopic (exact) mass is 653 g/mol. The maximum absolute atomic E-state index is 14.0. The van der Waals surface area contributed by atoms with Crippen molar-refractivity contribution in [2.45, 2.75) is 43.4 Å². The predicted molar refractivity (Wildman–Crippen MR) is 165 cm³/mol. The molecule has 13 nitrogen and oxygen atoms in total. The van der Waals surface area contributed by atoms with E-state index >= 15 is 0 Å². The Morgan fingerprint density at radius 3 is 2.57 bits per heavy atom. The van der Waals surface area contributed by atoms with E-state index < -0.39 is 34.0 Å². The molecule has 0 aliphatic carbocycles. The normalized spacial score (nSPS) is 19.0. The van der Waals surface area contributed by atoms with Crippen molar-refractivity contribution >= 4 is 27.8 Å². The van der Waals surface area contributed by atoms with Gasteiger partial charge >= 0.3 is 5.97 Å². The number of carboxylic acid groups (broad SMARTS) is 1. The van der Waals surface area contributed by atoms with E-state index in [2.05, 4.69) is 10.6 Å². The first-order chi connectivity index (χ1) is 22.0. The SMILES string of the molecule is COc1cc2ccc1CNC(=O)COc1cc(ccc1C)C(=O)N[C@H]1CN(S(=O)(=O)c3cc(CC(=O)O)ccc3OC)CC[C@H]1O2. The van der Waals surface area contributed by atoms with E-state index in [1.807, 2.05) is 0 Å². The summed E-state index contributed by atoms with van der Waals surface area (Å²) in [6.07, 6.45) is -0.790. The topological polar surface area (TPSA) is 170 Å². The summed E-state index contributed by atoms with van der Waals surface area (Å²) in [5.74, 6) is -0.641. The highest BCUT2D eigenvalue weighted by molar-refractivity contribution is 7.89. The minimum absolute atomic E-state index is 0.0510. The van der Waals surface area contributed by atoms with E-state index in [1.54, 1.807) is 37.3 Å². The molecule has 3 N–H and O–H groups in total. The number of hydrogen-bond acceptors (Lipinski definition) is 9. The molecule has 3 aromatic rings. The van der Waals surface area contributed by atoms with Crippen LogP contribution in [0.15, 0.2) is 59.5 Å². The Balaban J connectivity index is 1.51. The Bertz CT molecular complexity index is 1760. The van der Waals surface area contributed by atoms with Crippen molar-refractivity contribution in [1.29, 1.82) is 0 Å². The zero-order chi connectivity index (χ0) is 33.0. The Kier molecular flexibility index (Phi) is 9.68. The number of fused-ring (bicyclic) bond motifs is 7.